The molecule has 0 spiro atoms. The Hall–Kier alpha value is -3.19. The molecule has 2 heterocycles. The molecule has 0 amide bonds. The Kier molecular flexibility index (Phi) is 4.42. The van der Waals surface area contributed by atoms with Gasteiger partial charge in [-0.2, -0.15) is 5.10 Å². The van der Waals surface area contributed by atoms with Gasteiger partial charge in [0.05, 0.1) is 16.6 Å². The normalized spacial score (nSPS) is 11.9. The number of rotatable bonds is 3. The highest BCUT2D eigenvalue weighted by Gasteiger charge is 2.23. The molecule has 0 radical (unpaired) electrons. The molecule has 2 aromatic carbocycles. The van der Waals surface area contributed by atoms with E-state index in [0.29, 0.717) is 22.0 Å². The van der Waals surface area contributed by atoms with Gasteiger partial charge in [-0.1, -0.05) is 24.3 Å². The molecule has 0 bridgehead atoms. The molecule has 0 atom stereocenters. The summed E-state index contributed by atoms with van der Waals surface area (Å²) in [6.07, 6.45) is 4.96. The predicted octanol–water partition coefficient (Wildman–Crippen LogP) is 3.56. The summed E-state index contributed by atoms with van der Waals surface area (Å²) in [4.78, 5) is 12.8. The van der Waals surface area contributed by atoms with Gasteiger partial charge in [-0.25, -0.2) is 12.4 Å². The largest absolute Gasteiger partial charge is 0.289 e. The second kappa shape index (κ2) is 6.70. The van der Waals surface area contributed by atoms with E-state index in [1.807, 2.05) is 32.3 Å². The molecule has 4 aromatic rings. The molecule has 2 aromatic heterocycles. The number of benzene rings is 2. The maximum atomic E-state index is 13.7. The smallest absolute Gasteiger partial charge is 0.268 e. The number of nitrogens with zero attached hydrogens (tertiary/aromatic N) is 3. The van der Waals surface area contributed by atoms with Crippen molar-refractivity contribution >= 4 is 20.9 Å². The Labute approximate surface area is 169 Å². The van der Waals surface area contributed by atoms with Crippen LogP contribution in [0.25, 0.3) is 22.0 Å². The third-order valence-corrected chi connectivity index (χ3v) is 6.94. The lowest BCUT2D eigenvalue weighted by Gasteiger charge is -2.17. The van der Waals surface area contributed by atoms with E-state index in [-0.39, 0.29) is 10.3 Å². The van der Waals surface area contributed by atoms with Crippen LogP contribution >= 0.6 is 0 Å². The zero-order chi connectivity index (χ0) is 20.9. The van der Waals surface area contributed by atoms with Crippen LogP contribution in [0.15, 0.2) is 64.7 Å². The number of para-hydroxylation sites is 1. The first-order valence-corrected chi connectivity index (χ1v) is 10.6. The lowest BCUT2D eigenvalue weighted by molar-refractivity contribution is 0.588. The fraction of sp³-hybridized carbons (Fsp3) is 0.182. The van der Waals surface area contributed by atoms with E-state index in [9.17, 15) is 13.2 Å². The minimum atomic E-state index is -3.93. The van der Waals surface area contributed by atoms with Crippen molar-refractivity contribution in [2.24, 2.45) is 7.05 Å². The van der Waals surface area contributed by atoms with Crippen molar-refractivity contribution in [3.63, 3.8) is 0 Å². The molecule has 0 N–H and O–H groups in total. The van der Waals surface area contributed by atoms with E-state index in [2.05, 4.69) is 5.10 Å². The standard InChI is InChI=1S/C22H21N3O3S/c1-14-8-9-17(18-11-23-24(4)13-18)10-20(14)29(27,28)25-12-16(3)22(26)19-7-5-6-15(2)21(19)25/h5-13H,1-4H3. The molecule has 0 unspecified atom stereocenters. The number of pyridine rings is 1. The minimum absolute atomic E-state index is 0.156. The van der Waals surface area contributed by atoms with Crippen molar-refractivity contribution in [2.45, 2.75) is 25.7 Å². The number of aromatic nitrogens is 3. The Bertz CT molecular complexity index is 1430. The van der Waals surface area contributed by atoms with Crippen LogP contribution in [0, 0.1) is 20.8 Å². The van der Waals surface area contributed by atoms with Crippen LogP contribution in [0.5, 0.6) is 0 Å². The van der Waals surface area contributed by atoms with E-state index >= 15 is 0 Å². The SMILES string of the molecule is Cc1ccc(-c2cnn(C)c2)cc1S(=O)(=O)n1cc(C)c(=O)c2cccc(C)c21. The van der Waals surface area contributed by atoms with Gasteiger partial charge in [-0.05, 0) is 49.6 Å². The van der Waals surface area contributed by atoms with E-state index in [1.165, 1.54) is 10.2 Å². The lowest BCUT2D eigenvalue weighted by Crippen LogP contribution is -2.20. The van der Waals surface area contributed by atoms with Crippen LogP contribution in [0.3, 0.4) is 0 Å². The highest BCUT2D eigenvalue weighted by Crippen LogP contribution is 2.28. The second-order valence-electron chi connectivity index (χ2n) is 7.30. The van der Waals surface area contributed by atoms with Crippen LogP contribution in [-0.2, 0) is 17.1 Å². The molecule has 29 heavy (non-hydrogen) atoms. The average molecular weight is 407 g/mol. The van der Waals surface area contributed by atoms with E-state index in [1.54, 1.807) is 49.0 Å². The van der Waals surface area contributed by atoms with Crippen molar-refractivity contribution in [1.29, 1.82) is 0 Å². The summed E-state index contributed by atoms with van der Waals surface area (Å²) in [6.45, 7) is 5.21. The quantitative estimate of drug-likeness (QED) is 0.520. The van der Waals surface area contributed by atoms with Gasteiger partial charge in [-0.3, -0.25) is 9.48 Å². The molecule has 148 valence electrons. The number of aryl methyl sites for hydroxylation is 4. The van der Waals surface area contributed by atoms with Crippen molar-refractivity contribution in [3.05, 3.63) is 81.9 Å². The molecule has 0 aliphatic heterocycles. The lowest BCUT2D eigenvalue weighted by atomic mass is 10.1. The Morgan fingerprint density at radius 2 is 1.66 bits per heavy atom. The predicted molar refractivity (Wildman–Crippen MR) is 114 cm³/mol. The minimum Gasteiger partial charge on any atom is -0.289 e. The van der Waals surface area contributed by atoms with Gasteiger partial charge < -0.3 is 0 Å². The van der Waals surface area contributed by atoms with Gasteiger partial charge >= 0.3 is 0 Å². The van der Waals surface area contributed by atoms with E-state index in [4.69, 9.17) is 0 Å². The molecule has 4 rings (SSSR count). The van der Waals surface area contributed by atoms with Crippen LogP contribution in [-0.4, -0.2) is 22.2 Å². The zero-order valence-corrected chi connectivity index (χ0v) is 17.5. The summed E-state index contributed by atoms with van der Waals surface area (Å²) in [6, 6.07) is 10.6. The van der Waals surface area contributed by atoms with Crippen molar-refractivity contribution < 1.29 is 8.42 Å². The maximum absolute atomic E-state index is 13.7. The molecule has 0 saturated heterocycles. The first-order chi connectivity index (χ1) is 13.7. The number of hydrogen-bond donors (Lipinski definition) is 0. The van der Waals surface area contributed by atoms with Gasteiger partial charge in [0.2, 0.25) is 0 Å². The summed E-state index contributed by atoms with van der Waals surface area (Å²) in [5.74, 6) is 0. The fourth-order valence-corrected chi connectivity index (χ4v) is 5.31. The van der Waals surface area contributed by atoms with Crippen molar-refractivity contribution in [3.8, 4) is 11.1 Å². The number of fused-ring (bicyclic) bond motifs is 1. The third kappa shape index (κ3) is 3.07. The third-order valence-electron chi connectivity index (χ3n) is 5.14. The molecular weight excluding hydrogens is 386 g/mol. The van der Waals surface area contributed by atoms with Gasteiger partial charge in [-0.15, -0.1) is 0 Å². The van der Waals surface area contributed by atoms with Crippen LogP contribution in [0.4, 0.5) is 0 Å². The number of hydrogen-bond acceptors (Lipinski definition) is 4. The van der Waals surface area contributed by atoms with Gasteiger partial charge in [0.25, 0.3) is 10.0 Å². The second-order valence-corrected chi connectivity index (χ2v) is 9.08. The monoisotopic (exact) mass is 407 g/mol. The van der Waals surface area contributed by atoms with E-state index < -0.39 is 10.0 Å². The van der Waals surface area contributed by atoms with Crippen molar-refractivity contribution in [1.82, 2.24) is 13.8 Å². The summed E-state index contributed by atoms with van der Waals surface area (Å²) < 4.78 is 30.3. The Balaban J connectivity index is 2.03. The average Bonchev–Trinajstić information content (AvgIpc) is 3.11. The summed E-state index contributed by atoms with van der Waals surface area (Å²) in [5, 5.41) is 4.56. The van der Waals surface area contributed by atoms with Crippen molar-refractivity contribution in [2.75, 3.05) is 0 Å². The molecule has 7 heteroatoms. The highest BCUT2D eigenvalue weighted by atomic mass is 32.2. The fourth-order valence-electron chi connectivity index (χ4n) is 3.57. The van der Waals surface area contributed by atoms with Crippen LogP contribution in [0.1, 0.15) is 16.7 Å². The first-order valence-electron chi connectivity index (χ1n) is 9.17. The molecule has 0 fully saturated rings. The molecule has 0 aliphatic carbocycles. The zero-order valence-electron chi connectivity index (χ0n) is 16.7. The van der Waals surface area contributed by atoms with Crippen LogP contribution < -0.4 is 5.43 Å². The molecule has 0 saturated carbocycles. The summed E-state index contributed by atoms with van der Waals surface area (Å²) >= 11 is 0. The van der Waals surface area contributed by atoms with Gasteiger partial charge in [0, 0.05) is 36.0 Å². The van der Waals surface area contributed by atoms with Gasteiger partial charge in [0.1, 0.15) is 0 Å². The Morgan fingerprint density at radius 1 is 0.897 bits per heavy atom. The highest BCUT2D eigenvalue weighted by molar-refractivity contribution is 7.90. The topological polar surface area (TPSA) is 74.0 Å². The summed E-state index contributed by atoms with van der Waals surface area (Å²) in [7, 11) is -2.12. The van der Waals surface area contributed by atoms with Crippen LogP contribution in [0.2, 0.25) is 0 Å². The Morgan fingerprint density at radius 3 is 2.34 bits per heavy atom. The maximum Gasteiger partial charge on any atom is 0.268 e. The first kappa shape index (κ1) is 19.1. The van der Waals surface area contributed by atoms with Gasteiger partial charge in [0.15, 0.2) is 5.43 Å². The van der Waals surface area contributed by atoms with E-state index in [0.717, 1.165) is 16.7 Å². The molecular formula is C22H21N3O3S. The molecule has 0 aliphatic rings. The summed E-state index contributed by atoms with van der Waals surface area (Å²) in [5.41, 5.74) is 3.60. The molecule has 6 nitrogen and oxygen atoms in total.